The second-order valence-corrected chi connectivity index (χ2v) is 4.00. The summed E-state index contributed by atoms with van der Waals surface area (Å²) in [6, 6.07) is 5.13. The number of carbonyl (C=O) groups excluding carboxylic acids is 1. The molecule has 0 aromatic heterocycles. The molecule has 0 aliphatic rings. The average molecular weight is 192 g/mol. The third-order valence-corrected chi connectivity index (χ3v) is 2.12. The topological polar surface area (TPSA) is 37.3 Å². The Kier molecular flexibility index (Phi) is 3.28. The Labute approximate surface area is 84.6 Å². The molecule has 0 heterocycles. The van der Waals surface area contributed by atoms with E-state index in [-0.39, 0.29) is 11.5 Å². The Hall–Kier alpha value is -1.31. The molecule has 1 rings (SSSR count). The first-order valence-corrected chi connectivity index (χ1v) is 4.83. The summed E-state index contributed by atoms with van der Waals surface area (Å²) in [6.07, 6.45) is 0.837. The van der Waals surface area contributed by atoms with Gasteiger partial charge >= 0.3 is 0 Å². The van der Waals surface area contributed by atoms with Crippen molar-refractivity contribution in [1.29, 1.82) is 0 Å². The van der Waals surface area contributed by atoms with E-state index in [2.05, 4.69) is 13.8 Å². The minimum atomic E-state index is -0.0172. The Balaban J connectivity index is 2.95. The zero-order valence-electron chi connectivity index (χ0n) is 8.87. The molecule has 0 aliphatic heterocycles. The van der Waals surface area contributed by atoms with Gasteiger partial charge in [-0.25, -0.2) is 0 Å². The zero-order valence-corrected chi connectivity index (χ0v) is 8.87. The molecule has 1 aromatic carbocycles. The molecule has 0 bridgehead atoms. The van der Waals surface area contributed by atoms with Gasteiger partial charge in [0.05, 0.1) is 0 Å². The van der Waals surface area contributed by atoms with Crippen LogP contribution >= 0.6 is 0 Å². The highest BCUT2D eigenvalue weighted by atomic mass is 16.3. The number of hydrogen-bond donors (Lipinski definition) is 1. The minimum absolute atomic E-state index is 0.0172. The van der Waals surface area contributed by atoms with Gasteiger partial charge in [0, 0.05) is 5.56 Å². The van der Waals surface area contributed by atoms with E-state index in [1.54, 1.807) is 12.1 Å². The van der Waals surface area contributed by atoms with Crippen LogP contribution in [0.25, 0.3) is 0 Å². The van der Waals surface area contributed by atoms with Crippen LogP contribution in [-0.2, 0) is 6.42 Å². The van der Waals surface area contributed by atoms with Crippen LogP contribution in [0.5, 0.6) is 5.75 Å². The molecule has 14 heavy (non-hydrogen) atoms. The molecule has 76 valence electrons. The Morgan fingerprint density at radius 3 is 2.50 bits per heavy atom. The van der Waals surface area contributed by atoms with Crippen LogP contribution in [0.1, 0.15) is 36.7 Å². The quantitative estimate of drug-likeness (QED) is 0.748. The fourth-order valence-electron chi connectivity index (χ4n) is 1.40. The van der Waals surface area contributed by atoms with Gasteiger partial charge < -0.3 is 5.11 Å². The summed E-state index contributed by atoms with van der Waals surface area (Å²) < 4.78 is 0. The summed E-state index contributed by atoms with van der Waals surface area (Å²) in [7, 11) is 0. The molecule has 0 aliphatic carbocycles. The average Bonchev–Trinajstić information content (AvgIpc) is 2.07. The summed E-state index contributed by atoms with van der Waals surface area (Å²) in [5.41, 5.74) is 1.47. The maximum Gasteiger partial charge on any atom is 0.159 e. The summed E-state index contributed by atoms with van der Waals surface area (Å²) in [5, 5.41) is 9.64. The maximum absolute atomic E-state index is 11.0. The van der Waals surface area contributed by atoms with Gasteiger partial charge in [0.1, 0.15) is 5.75 Å². The standard InChI is InChI=1S/C12H16O2/c1-8(2)6-11-5-4-10(9(3)13)7-12(11)14/h4-5,7-8,14H,6H2,1-3H3. The number of hydrogen-bond acceptors (Lipinski definition) is 2. The van der Waals surface area contributed by atoms with E-state index in [1.165, 1.54) is 6.92 Å². The zero-order chi connectivity index (χ0) is 10.7. The first-order valence-electron chi connectivity index (χ1n) is 4.83. The van der Waals surface area contributed by atoms with Crippen LogP contribution in [0.2, 0.25) is 0 Å². The van der Waals surface area contributed by atoms with Crippen molar-refractivity contribution in [2.75, 3.05) is 0 Å². The first-order chi connectivity index (χ1) is 6.50. The predicted molar refractivity (Wildman–Crippen MR) is 56.7 cm³/mol. The lowest BCUT2D eigenvalue weighted by atomic mass is 10.00. The Morgan fingerprint density at radius 2 is 2.07 bits per heavy atom. The normalized spacial score (nSPS) is 10.6. The molecule has 0 fully saturated rings. The Morgan fingerprint density at radius 1 is 1.43 bits per heavy atom. The van der Waals surface area contributed by atoms with E-state index in [4.69, 9.17) is 0 Å². The number of phenolic OH excluding ortho intramolecular Hbond substituents is 1. The largest absolute Gasteiger partial charge is 0.508 e. The molecule has 2 nitrogen and oxygen atoms in total. The molecule has 0 radical (unpaired) electrons. The SMILES string of the molecule is CC(=O)c1ccc(CC(C)C)c(O)c1. The van der Waals surface area contributed by atoms with Gasteiger partial charge in [-0.15, -0.1) is 0 Å². The number of phenols is 1. The predicted octanol–water partition coefficient (Wildman–Crippen LogP) is 2.79. The van der Waals surface area contributed by atoms with Crippen molar-refractivity contribution in [3.63, 3.8) is 0 Å². The van der Waals surface area contributed by atoms with Gasteiger partial charge in [-0.3, -0.25) is 4.79 Å². The van der Waals surface area contributed by atoms with Crippen molar-refractivity contribution in [1.82, 2.24) is 0 Å². The lowest BCUT2D eigenvalue weighted by Crippen LogP contribution is -1.97. The molecular formula is C12H16O2. The highest BCUT2D eigenvalue weighted by Gasteiger charge is 2.06. The molecule has 0 spiro atoms. The van der Waals surface area contributed by atoms with Gasteiger partial charge in [0.15, 0.2) is 5.78 Å². The summed E-state index contributed by atoms with van der Waals surface area (Å²) in [4.78, 5) is 11.0. The molecule has 0 unspecified atom stereocenters. The summed E-state index contributed by atoms with van der Waals surface area (Å²) in [5.74, 6) is 0.715. The van der Waals surface area contributed by atoms with Crippen molar-refractivity contribution < 1.29 is 9.90 Å². The van der Waals surface area contributed by atoms with Crippen LogP contribution < -0.4 is 0 Å². The molecule has 2 heteroatoms. The van der Waals surface area contributed by atoms with E-state index < -0.39 is 0 Å². The van der Waals surface area contributed by atoms with Crippen LogP contribution in [0.4, 0.5) is 0 Å². The molecule has 1 aromatic rings. The van der Waals surface area contributed by atoms with Crippen LogP contribution in [-0.4, -0.2) is 10.9 Å². The number of aromatic hydroxyl groups is 1. The van der Waals surface area contributed by atoms with Crippen molar-refractivity contribution in [2.24, 2.45) is 5.92 Å². The van der Waals surface area contributed by atoms with E-state index >= 15 is 0 Å². The van der Waals surface area contributed by atoms with Gasteiger partial charge in [0.25, 0.3) is 0 Å². The second kappa shape index (κ2) is 4.27. The van der Waals surface area contributed by atoms with Crippen LogP contribution in [0, 0.1) is 5.92 Å². The smallest absolute Gasteiger partial charge is 0.159 e. The molecular weight excluding hydrogens is 176 g/mol. The number of Topliss-reactive ketones (excluding diaryl/α,β-unsaturated/α-hetero) is 1. The van der Waals surface area contributed by atoms with E-state index in [0.29, 0.717) is 11.5 Å². The maximum atomic E-state index is 11.0. The Bertz CT molecular complexity index is 340. The van der Waals surface area contributed by atoms with Crippen molar-refractivity contribution >= 4 is 5.78 Å². The first kappa shape index (κ1) is 10.8. The van der Waals surface area contributed by atoms with Crippen LogP contribution in [0.15, 0.2) is 18.2 Å². The minimum Gasteiger partial charge on any atom is -0.508 e. The monoisotopic (exact) mass is 192 g/mol. The molecule has 0 saturated carbocycles. The van der Waals surface area contributed by atoms with Crippen LogP contribution in [0.3, 0.4) is 0 Å². The van der Waals surface area contributed by atoms with Gasteiger partial charge in [0.2, 0.25) is 0 Å². The van der Waals surface area contributed by atoms with E-state index in [9.17, 15) is 9.90 Å². The molecule has 0 amide bonds. The lowest BCUT2D eigenvalue weighted by molar-refractivity contribution is 0.101. The highest BCUT2D eigenvalue weighted by Crippen LogP contribution is 2.21. The highest BCUT2D eigenvalue weighted by molar-refractivity contribution is 5.94. The van der Waals surface area contributed by atoms with Gasteiger partial charge in [-0.05, 0) is 30.9 Å². The number of ketones is 1. The number of benzene rings is 1. The summed E-state index contributed by atoms with van der Waals surface area (Å²) in [6.45, 7) is 5.69. The van der Waals surface area contributed by atoms with Gasteiger partial charge in [-0.2, -0.15) is 0 Å². The third-order valence-electron chi connectivity index (χ3n) is 2.12. The number of carbonyl (C=O) groups is 1. The second-order valence-electron chi connectivity index (χ2n) is 4.00. The fraction of sp³-hybridized carbons (Fsp3) is 0.417. The fourth-order valence-corrected chi connectivity index (χ4v) is 1.40. The van der Waals surface area contributed by atoms with Crippen molar-refractivity contribution in [3.8, 4) is 5.75 Å². The molecule has 0 saturated heterocycles. The lowest BCUT2D eigenvalue weighted by Gasteiger charge is -2.08. The van der Waals surface area contributed by atoms with E-state index in [1.807, 2.05) is 6.07 Å². The third kappa shape index (κ3) is 2.59. The van der Waals surface area contributed by atoms with Crippen molar-refractivity contribution in [3.05, 3.63) is 29.3 Å². The molecule has 0 atom stereocenters. The molecule has 1 N–H and O–H groups in total. The van der Waals surface area contributed by atoms with Gasteiger partial charge in [-0.1, -0.05) is 26.0 Å². The van der Waals surface area contributed by atoms with E-state index in [0.717, 1.165) is 12.0 Å². The summed E-state index contributed by atoms with van der Waals surface area (Å²) >= 11 is 0. The van der Waals surface area contributed by atoms with Crippen molar-refractivity contribution in [2.45, 2.75) is 27.2 Å². The number of rotatable bonds is 3.